The molecule has 6 heteroatoms. The number of methoxy groups -OCH3 is 2. The lowest BCUT2D eigenvalue weighted by molar-refractivity contribution is 0.347. The summed E-state index contributed by atoms with van der Waals surface area (Å²) in [7, 11) is 3.05. The first-order valence-corrected chi connectivity index (χ1v) is 5.90. The Bertz CT molecular complexity index is 590. The van der Waals surface area contributed by atoms with Crippen LogP contribution in [0.3, 0.4) is 0 Å². The van der Waals surface area contributed by atoms with Gasteiger partial charge in [-0.25, -0.2) is 4.98 Å². The third-order valence-corrected chi connectivity index (χ3v) is 2.73. The Hall–Kier alpha value is -2.01. The van der Waals surface area contributed by atoms with E-state index < -0.39 is 0 Å². The Kier molecular flexibility index (Phi) is 4.06. The van der Waals surface area contributed by atoms with Gasteiger partial charge in [-0.15, -0.1) is 0 Å². The average Bonchev–Trinajstić information content (AvgIpc) is 2.41. The summed E-state index contributed by atoms with van der Waals surface area (Å²) in [5.74, 6) is 1.66. The predicted molar refractivity (Wildman–Crippen MR) is 71.4 cm³/mol. The molecule has 100 valence electrons. The van der Waals surface area contributed by atoms with Crippen LogP contribution in [0.25, 0.3) is 0 Å². The number of ether oxygens (including phenoxy) is 3. The van der Waals surface area contributed by atoms with Gasteiger partial charge in [0.15, 0.2) is 16.7 Å². The fourth-order valence-electron chi connectivity index (χ4n) is 1.54. The van der Waals surface area contributed by atoms with Gasteiger partial charge in [0, 0.05) is 0 Å². The predicted octanol–water partition coefficient (Wildman–Crippen LogP) is 3.25. The molecule has 0 fully saturated rings. The van der Waals surface area contributed by atoms with Crippen molar-refractivity contribution in [3.63, 3.8) is 0 Å². The minimum absolute atomic E-state index is 0.193. The average molecular weight is 281 g/mol. The summed E-state index contributed by atoms with van der Waals surface area (Å²) in [6.07, 6.45) is 1.31. The van der Waals surface area contributed by atoms with E-state index in [1.807, 2.05) is 19.1 Å². The molecule has 0 saturated heterocycles. The number of hydrogen-bond acceptors (Lipinski definition) is 5. The highest BCUT2D eigenvalue weighted by molar-refractivity contribution is 6.31. The molecule has 0 unspecified atom stereocenters. The molecule has 0 aliphatic heterocycles. The highest BCUT2D eigenvalue weighted by atomic mass is 35.5. The molecule has 1 aromatic carbocycles. The smallest absolute Gasteiger partial charge is 0.267 e. The minimum atomic E-state index is 0.193. The molecule has 0 amide bonds. The molecule has 2 rings (SSSR count). The molecule has 2 aromatic rings. The van der Waals surface area contributed by atoms with Crippen molar-refractivity contribution in [2.24, 2.45) is 0 Å². The van der Waals surface area contributed by atoms with Gasteiger partial charge in [0.1, 0.15) is 6.33 Å². The van der Waals surface area contributed by atoms with Crippen LogP contribution in [0.4, 0.5) is 0 Å². The summed E-state index contributed by atoms with van der Waals surface area (Å²) in [6.45, 7) is 1.97. The Morgan fingerprint density at radius 3 is 2.53 bits per heavy atom. The van der Waals surface area contributed by atoms with Crippen LogP contribution in [-0.4, -0.2) is 24.2 Å². The number of benzene rings is 1. The quantitative estimate of drug-likeness (QED) is 0.805. The summed E-state index contributed by atoms with van der Waals surface area (Å²) in [4.78, 5) is 7.83. The largest absolute Gasteiger partial charge is 0.493 e. The third kappa shape index (κ3) is 2.88. The standard InChI is InChI=1S/C13H13ClN2O3/c1-8-4-5-9(10(6-8)17-2)19-13-11(18-3)12(14)15-7-16-13/h4-7H,1-3H3. The van der Waals surface area contributed by atoms with Gasteiger partial charge >= 0.3 is 0 Å². The lowest BCUT2D eigenvalue weighted by Gasteiger charge is -2.12. The summed E-state index contributed by atoms with van der Waals surface area (Å²) < 4.78 is 16.1. The van der Waals surface area contributed by atoms with E-state index in [0.29, 0.717) is 11.5 Å². The van der Waals surface area contributed by atoms with Crippen LogP contribution in [0.1, 0.15) is 5.56 Å². The second-order valence-electron chi connectivity index (χ2n) is 3.76. The van der Waals surface area contributed by atoms with Crippen LogP contribution in [-0.2, 0) is 0 Å². The molecule has 1 aromatic heterocycles. The Balaban J connectivity index is 2.39. The number of hydrogen-bond donors (Lipinski definition) is 0. The molecule has 5 nitrogen and oxygen atoms in total. The van der Waals surface area contributed by atoms with Gasteiger partial charge in [-0.1, -0.05) is 17.7 Å². The van der Waals surface area contributed by atoms with Gasteiger partial charge in [-0.05, 0) is 24.6 Å². The highest BCUT2D eigenvalue weighted by Crippen LogP contribution is 2.37. The molecule has 0 aliphatic rings. The fourth-order valence-corrected chi connectivity index (χ4v) is 1.75. The number of halogens is 1. The first kappa shape index (κ1) is 13.4. The molecule has 0 aliphatic carbocycles. The van der Waals surface area contributed by atoms with Crippen LogP contribution in [0.2, 0.25) is 5.15 Å². The molecule has 1 heterocycles. The Morgan fingerprint density at radius 2 is 1.84 bits per heavy atom. The van der Waals surface area contributed by atoms with Crippen LogP contribution in [0, 0.1) is 6.92 Å². The summed E-state index contributed by atoms with van der Waals surface area (Å²) in [5, 5.41) is 0.193. The van der Waals surface area contributed by atoms with Crippen molar-refractivity contribution in [2.45, 2.75) is 6.92 Å². The van der Waals surface area contributed by atoms with Crippen molar-refractivity contribution in [3.05, 3.63) is 35.2 Å². The van der Waals surface area contributed by atoms with Crippen molar-refractivity contribution in [1.82, 2.24) is 9.97 Å². The number of aryl methyl sites for hydroxylation is 1. The van der Waals surface area contributed by atoms with Crippen molar-refractivity contribution >= 4 is 11.6 Å². The van der Waals surface area contributed by atoms with E-state index in [9.17, 15) is 0 Å². The van der Waals surface area contributed by atoms with Gasteiger partial charge in [-0.3, -0.25) is 0 Å². The van der Waals surface area contributed by atoms with E-state index in [1.165, 1.54) is 13.4 Å². The number of aromatic nitrogens is 2. The van der Waals surface area contributed by atoms with E-state index in [0.717, 1.165) is 5.56 Å². The van der Waals surface area contributed by atoms with Crippen molar-refractivity contribution in [2.75, 3.05) is 14.2 Å². The van der Waals surface area contributed by atoms with Gasteiger partial charge in [0.25, 0.3) is 5.88 Å². The van der Waals surface area contributed by atoms with Gasteiger partial charge < -0.3 is 14.2 Å². The van der Waals surface area contributed by atoms with Crippen LogP contribution in [0.15, 0.2) is 24.5 Å². The molecule has 0 saturated carbocycles. The first-order valence-electron chi connectivity index (χ1n) is 5.52. The zero-order valence-electron chi connectivity index (χ0n) is 10.8. The van der Waals surface area contributed by atoms with Crippen molar-refractivity contribution in [3.8, 4) is 23.1 Å². The van der Waals surface area contributed by atoms with Gasteiger partial charge in [-0.2, -0.15) is 4.98 Å². The molecular weight excluding hydrogens is 268 g/mol. The normalized spacial score (nSPS) is 10.1. The lowest BCUT2D eigenvalue weighted by Crippen LogP contribution is -1.97. The molecule has 0 spiro atoms. The maximum atomic E-state index is 5.91. The van der Waals surface area contributed by atoms with Crippen LogP contribution >= 0.6 is 11.6 Å². The van der Waals surface area contributed by atoms with E-state index in [-0.39, 0.29) is 16.8 Å². The van der Waals surface area contributed by atoms with Crippen LogP contribution in [0.5, 0.6) is 23.1 Å². The Morgan fingerprint density at radius 1 is 1.05 bits per heavy atom. The van der Waals surface area contributed by atoms with Crippen molar-refractivity contribution in [1.29, 1.82) is 0 Å². The summed E-state index contributed by atoms with van der Waals surface area (Å²) in [5.41, 5.74) is 1.07. The second-order valence-corrected chi connectivity index (χ2v) is 4.12. The summed E-state index contributed by atoms with van der Waals surface area (Å²) in [6, 6.07) is 5.57. The fraction of sp³-hybridized carbons (Fsp3) is 0.231. The Labute approximate surface area is 116 Å². The molecule has 0 radical (unpaired) electrons. The summed E-state index contributed by atoms with van der Waals surface area (Å²) >= 11 is 5.91. The number of nitrogens with zero attached hydrogens (tertiary/aromatic N) is 2. The molecule has 19 heavy (non-hydrogen) atoms. The third-order valence-electron chi connectivity index (χ3n) is 2.46. The first-order chi connectivity index (χ1) is 9.15. The van der Waals surface area contributed by atoms with E-state index in [4.69, 9.17) is 25.8 Å². The van der Waals surface area contributed by atoms with Crippen LogP contribution < -0.4 is 14.2 Å². The minimum Gasteiger partial charge on any atom is -0.493 e. The lowest BCUT2D eigenvalue weighted by atomic mass is 10.2. The van der Waals surface area contributed by atoms with Gasteiger partial charge in [0.2, 0.25) is 5.75 Å². The molecule has 0 N–H and O–H groups in total. The zero-order chi connectivity index (χ0) is 13.8. The highest BCUT2D eigenvalue weighted by Gasteiger charge is 2.14. The SMILES string of the molecule is COc1cc(C)ccc1Oc1ncnc(Cl)c1OC. The molecular formula is C13H13ClN2O3. The maximum absolute atomic E-state index is 5.91. The number of rotatable bonds is 4. The monoisotopic (exact) mass is 280 g/mol. The van der Waals surface area contributed by atoms with Crippen molar-refractivity contribution < 1.29 is 14.2 Å². The molecule has 0 atom stereocenters. The topological polar surface area (TPSA) is 53.5 Å². The molecule has 0 bridgehead atoms. The zero-order valence-corrected chi connectivity index (χ0v) is 11.6. The maximum Gasteiger partial charge on any atom is 0.267 e. The second kappa shape index (κ2) is 5.75. The van der Waals surface area contributed by atoms with E-state index >= 15 is 0 Å². The van der Waals surface area contributed by atoms with E-state index in [1.54, 1.807) is 13.2 Å². The van der Waals surface area contributed by atoms with Gasteiger partial charge in [0.05, 0.1) is 14.2 Å². The van der Waals surface area contributed by atoms with E-state index in [2.05, 4.69) is 9.97 Å².